The van der Waals surface area contributed by atoms with E-state index in [0.29, 0.717) is 16.6 Å². The minimum absolute atomic E-state index is 0.0924. The van der Waals surface area contributed by atoms with E-state index in [0.717, 1.165) is 0 Å². The average Bonchev–Trinajstić information content (AvgIpc) is 2.73. The van der Waals surface area contributed by atoms with Crippen molar-refractivity contribution in [1.82, 2.24) is 15.1 Å². The number of nitrogens with zero attached hydrogens (tertiary/aromatic N) is 3. The van der Waals surface area contributed by atoms with E-state index < -0.39 is 12.0 Å². The molecule has 0 aliphatic carbocycles. The second-order valence-electron chi connectivity index (χ2n) is 4.73. The maximum Gasteiger partial charge on any atom is 0.354 e. The Bertz CT molecular complexity index is 780. The predicted octanol–water partition coefficient (Wildman–Crippen LogP) is 0.718. The molecule has 0 atom stereocenters. The lowest BCUT2D eigenvalue weighted by Crippen LogP contribution is -2.49. The van der Waals surface area contributed by atoms with Crippen LogP contribution in [0, 0.1) is 0 Å². The molecule has 21 heavy (non-hydrogen) atoms. The molecule has 1 saturated heterocycles. The minimum atomic E-state index is -1.06. The maximum absolute atomic E-state index is 11.8. The SMILES string of the molecule is Cn1nc2cc(N3CCC(=O)NC3=O)ccc2c1C(=O)O. The fraction of sp³-hybridized carbons (Fsp3) is 0.231. The normalized spacial score (nSPS) is 15.4. The predicted molar refractivity (Wildman–Crippen MR) is 73.2 cm³/mol. The van der Waals surface area contributed by atoms with Gasteiger partial charge in [-0.2, -0.15) is 5.10 Å². The first kappa shape index (κ1) is 13.1. The van der Waals surface area contributed by atoms with Crippen LogP contribution in [0.3, 0.4) is 0 Å². The van der Waals surface area contributed by atoms with Crippen LogP contribution in [-0.4, -0.2) is 39.3 Å². The Morgan fingerprint density at radius 2 is 2.14 bits per heavy atom. The van der Waals surface area contributed by atoms with Crippen molar-refractivity contribution in [3.63, 3.8) is 0 Å². The van der Waals surface area contributed by atoms with Gasteiger partial charge in [-0.15, -0.1) is 0 Å². The molecule has 8 nitrogen and oxygen atoms in total. The molecule has 0 spiro atoms. The Morgan fingerprint density at radius 3 is 2.81 bits per heavy atom. The van der Waals surface area contributed by atoms with Gasteiger partial charge in [-0.1, -0.05) is 0 Å². The molecular weight excluding hydrogens is 276 g/mol. The van der Waals surface area contributed by atoms with Crippen molar-refractivity contribution in [2.45, 2.75) is 6.42 Å². The average molecular weight is 288 g/mol. The lowest BCUT2D eigenvalue weighted by molar-refractivity contribution is -0.120. The number of aryl methyl sites for hydroxylation is 1. The van der Waals surface area contributed by atoms with Gasteiger partial charge in [0.2, 0.25) is 5.91 Å². The Balaban J connectivity index is 2.04. The van der Waals surface area contributed by atoms with E-state index in [-0.39, 0.29) is 24.6 Å². The second kappa shape index (κ2) is 4.58. The summed E-state index contributed by atoms with van der Waals surface area (Å²) in [6.45, 7) is 0.287. The highest BCUT2D eigenvalue weighted by atomic mass is 16.4. The number of hydrogen-bond acceptors (Lipinski definition) is 4. The summed E-state index contributed by atoms with van der Waals surface area (Å²) in [5.41, 5.74) is 1.15. The molecule has 2 heterocycles. The Labute approximate surface area is 118 Å². The molecule has 8 heteroatoms. The summed E-state index contributed by atoms with van der Waals surface area (Å²) >= 11 is 0. The number of urea groups is 1. The highest BCUT2D eigenvalue weighted by Gasteiger charge is 2.25. The van der Waals surface area contributed by atoms with Crippen molar-refractivity contribution in [2.75, 3.05) is 11.4 Å². The summed E-state index contributed by atoms with van der Waals surface area (Å²) in [4.78, 5) is 35.6. The van der Waals surface area contributed by atoms with Gasteiger partial charge < -0.3 is 5.11 Å². The van der Waals surface area contributed by atoms with Crippen molar-refractivity contribution < 1.29 is 19.5 Å². The number of benzene rings is 1. The topological polar surface area (TPSA) is 105 Å². The standard InChI is InChI=1S/C13H12N4O4/c1-16-11(12(19)20)8-3-2-7(6-9(8)15-16)17-5-4-10(18)14-13(17)21/h2-3,6H,4-5H2,1H3,(H,19,20)(H,14,18,21). The zero-order valence-corrected chi connectivity index (χ0v) is 11.2. The molecule has 2 N–H and O–H groups in total. The number of aromatic nitrogens is 2. The highest BCUT2D eigenvalue weighted by molar-refractivity contribution is 6.07. The van der Waals surface area contributed by atoms with Crippen LogP contribution < -0.4 is 10.2 Å². The number of hydrogen-bond donors (Lipinski definition) is 2. The minimum Gasteiger partial charge on any atom is -0.477 e. The van der Waals surface area contributed by atoms with Crippen LogP contribution in [0.25, 0.3) is 10.9 Å². The fourth-order valence-corrected chi connectivity index (χ4v) is 2.42. The third-order valence-electron chi connectivity index (χ3n) is 3.39. The molecule has 1 aliphatic rings. The van der Waals surface area contributed by atoms with E-state index in [1.807, 2.05) is 0 Å². The number of amides is 3. The summed E-state index contributed by atoms with van der Waals surface area (Å²) in [6.07, 6.45) is 0.229. The number of carbonyl (C=O) groups is 3. The molecule has 1 aliphatic heterocycles. The smallest absolute Gasteiger partial charge is 0.354 e. The van der Waals surface area contributed by atoms with Gasteiger partial charge in [0.15, 0.2) is 5.69 Å². The van der Waals surface area contributed by atoms with E-state index in [9.17, 15) is 14.4 Å². The van der Waals surface area contributed by atoms with Gasteiger partial charge in [0.05, 0.1) is 5.52 Å². The van der Waals surface area contributed by atoms with Crippen LogP contribution in [0.5, 0.6) is 0 Å². The molecular formula is C13H12N4O4. The number of fused-ring (bicyclic) bond motifs is 1. The third-order valence-corrected chi connectivity index (χ3v) is 3.39. The van der Waals surface area contributed by atoms with E-state index in [4.69, 9.17) is 5.11 Å². The molecule has 0 saturated carbocycles. The number of carboxylic acids is 1. The number of anilines is 1. The van der Waals surface area contributed by atoms with E-state index >= 15 is 0 Å². The lowest BCUT2D eigenvalue weighted by atomic mass is 10.1. The van der Waals surface area contributed by atoms with Crippen LogP contribution in [0.2, 0.25) is 0 Å². The van der Waals surface area contributed by atoms with Crippen molar-refractivity contribution in [3.8, 4) is 0 Å². The molecule has 1 aromatic heterocycles. The quantitative estimate of drug-likeness (QED) is 0.847. The number of nitrogens with one attached hydrogen (secondary N) is 1. The zero-order valence-electron chi connectivity index (χ0n) is 11.2. The second-order valence-corrected chi connectivity index (χ2v) is 4.73. The first-order chi connectivity index (χ1) is 9.97. The summed E-state index contributed by atoms with van der Waals surface area (Å²) in [6, 6.07) is 4.41. The third kappa shape index (κ3) is 2.10. The molecule has 3 rings (SSSR count). The van der Waals surface area contributed by atoms with Gasteiger partial charge >= 0.3 is 12.0 Å². The fourth-order valence-electron chi connectivity index (χ4n) is 2.42. The Kier molecular flexibility index (Phi) is 2.86. The molecule has 108 valence electrons. The monoisotopic (exact) mass is 288 g/mol. The number of carboxylic acid groups (broad SMARTS) is 1. The summed E-state index contributed by atoms with van der Waals surface area (Å²) < 4.78 is 1.29. The maximum atomic E-state index is 11.8. The molecule has 3 amide bonds. The first-order valence-electron chi connectivity index (χ1n) is 6.29. The molecule has 1 aromatic carbocycles. The van der Waals surface area contributed by atoms with Gasteiger partial charge in [-0.05, 0) is 18.2 Å². The summed E-state index contributed by atoms with van der Waals surface area (Å²) in [7, 11) is 1.55. The summed E-state index contributed by atoms with van der Waals surface area (Å²) in [5, 5.41) is 16.1. The van der Waals surface area contributed by atoms with Gasteiger partial charge in [0, 0.05) is 31.1 Å². The van der Waals surface area contributed by atoms with Gasteiger partial charge in [0.1, 0.15) is 0 Å². The molecule has 0 unspecified atom stereocenters. The number of aromatic carboxylic acids is 1. The van der Waals surface area contributed by atoms with Gasteiger partial charge in [-0.3, -0.25) is 19.7 Å². The van der Waals surface area contributed by atoms with E-state index in [1.54, 1.807) is 25.2 Å². The van der Waals surface area contributed by atoms with E-state index in [2.05, 4.69) is 10.4 Å². The van der Waals surface area contributed by atoms with Crippen molar-refractivity contribution >= 4 is 34.5 Å². The van der Waals surface area contributed by atoms with Gasteiger partial charge in [-0.25, -0.2) is 9.59 Å². The zero-order chi connectivity index (χ0) is 15.1. The van der Waals surface area contributed by atoms with Crippen LogP contribution in [0.4, 0.5) is 10.5 Å². The van der Waals surface area contributed by atoms with Crippen molar-refractivity contribution in [1.29, 1.82) is 0 Å². The summed E-state index contributed by atoms with van der Waals surface area (Å²) in [5.74, 6) is -1.36. The van der Waals surface area contributed by atoms with Crippen molar-refractivity contribution in [3.05, 3.63) is 23.9 Å². The first-order valence-corrected chi connectivity index (χ1v) is 6.29. The lowest BCUT2D eigenvalue weighted by Gasteiger charge is -2.26. The van der Waals surface area contributed by atoms with E-state index in [1.165, 1.54) is 9.58 Å². The largest absolute Gasteiger partial charge is 0.477 e. The molecule has 0 radical (unpaired) electrons. The molecule has 0 bridgehead atoms. The van der Waals surface area contributed by atoms with Crippen molar-refractivity contribution in [2.24, 2.45) is 7.05 Å². The Hall–Kier alpha value is -2.90. The van der Waals surface area contributed by atoms with Crippen LogP contribution in [0.15, 0.2) is 18.2 Å². The number of imide groups is 1. The molecule has 2 aromatic rings. The number of carbonyl (C=O) groups excluding carboxylic acids is 2. The molecule has 1 fully saturated rings. The number of rotatable bonds is 2. The van der Waals surface area contributed by atoms with Crippen LogP contribution in [-0.2, 0) is 11.8 Å². The van der Waals surface area contributed by atoms with Gasteiger partial charge in [0.25, 0.3) is 0 Å². The van der Waals surface area contributed by atoms with Crippen LogP contribution in [0.1, 0.15) is 16.9 Å². The van der Waals surface area contributed by atoms with Crippen LogP contribution >= 0.6 is 0 Å². The highest BCUT2D eigenvalue weighted by Crippen LogP contribution is 2.25. The Morgan fingerprint density at radius 1 is 1.38 bits per heavy atom.